The standard InChI is InChI=1S/C13H24N2O2/c1-17-13(7-4-8-13)9-12(16)15-11-6-3-2-5-10(11)14/h10-11H,2-9,14H2,1H3,(H,15,16). The first-order chi connectivity index (χ1) is 8.15. The maximum Gasteiger partial charge on any atom is 0.223 e. The van der Waals surface area contributed by atoms with Crippen LogP contribution in [0.3, 0.4) is 0 Å². The Bertz CT molecular complexity index is 271. The molecule has 0 radical (unpaired) electrons. The number of carbonyl (C=O) groups excluding carboxylic acids is 1. The third-order valence-corrected chi connectivity index (χ3v) is 4.35. The number of hydrogen-bond donors (Lipinski definition) is 2. The fraction of sp³-hybridized carbons (Fsp3) is 0.923. The van der Waals surface area contributed by atoms with Crippen LogP contribution in [0, 0.1) is 0 Å². The number of rotatable bonds is 4. The van der Waals surface area contributed by atoms with Crippen LogP contribution < -0.4 is 11.1 Å². The Kier molecular flexibility index (Phi) is 4.05. The second kappa shape index (κ2) is 5.36. The summed E-state index contributed by atoms with van der Waals surface area (Å²) in [4.78, 5) is 12.0. The van der Waals surface area contributed by atoms with Gasteiger partial charge in [0.25, 0.3) is 0 Å². The first kappa shape index (κ1) is 12.8. The normalized spacial score (nSPS) is 31.6. The maximum atomic E-state index is 12.0. The predicted octanol–water partition coefficient (Wildman–Crippen LogP) is 1.33. The summed E-state index contributed by atoms with van der Waals surface area (Å²) in [5, 5.41) is 3.08. The van der Waals surface area contributed by atoms with Gasteiger partial charge in [-0.25, -0.2) is 0 Å². The Morgan fingerprint density at radius 3 is 2.59 bits per heavy atom. The minimum Gasteiger partial charge on any atom is -0.378 e. The molecule has 2 atom stereocenters. The van der Waals surface area contributed by atoms with Crippen molar-refractivity contribution in [3.05, 3.63) is 0 Å². The van der Waals surface area contributed by atoms with Crippen LogP contribution in [0.1, 0.15) is 51.4 Å². The zero-order valence-electron chi connectivity index (χ0n) is 10.7. The predicted molar refractivity (Wildman–Crippen MR) is 66.6 cm³/mol. The van der Waals surface area contributed by atoms with Crippen molar-refractivity contribution in [2.45, 2.75) is 69.1 Å². The molecule has 1 amide bonds. The van der Waals surface area contributed by atoms with Gasteiger partial charge in [0.2, 0.25) is 5.91 Å². The molecular formula is C13H24N2O2. The third kappa shape index (κ3) is 2.99. The van der Waals surface area contributed by atoms with Gasteiger partial charge < -0.3 is 15.8 Å². The number of carbonyl (C=O) groups is 1. The fourth-order valence-corrected chi connectivity index (χ4v) is 2.91. The number of nitrogens with one attached hydrogen (secondary N) is 1. The summed E-state index contributed by atoms with van der Waals surface area (Å²) < 4.78 is 5.47. The van der Waals surface area contributed by atoms with Gasteiger partial charge in [0, 0.05) is 19.2 Å². The molecule has 0 spiro atoms. The van der Waals surface area contributed by atoms with E-state index < -0.39 is 0 Å². The summed E-state index contributed by atoms with van der Waals surface area (Å²) in [5.41, 5.74) is 5.85. The zero-order valence-corrected chi connectivity index (χ0v) is 10.7. The highest BCUT2D eigenvalue weighted by atomic mass is 16.5. The van der Waals surface area contributed by atoms with Gasteiger partial charge >= 0.3 is 0 Å². The number of ether oxygens (including phenoxy) is 1. The summed E-state index contributed by atoms with van der Waals surface area (Å²) in [6.07, 6.45) is 8.09. The van der Waals surface area contributed by atoms with Gasteiger partial charge in [0.1, 0.15) is 0 Å². The molecular weight excluding hydrogens is 216 g/mol. The molecule has 4 nitrogen and oxygen atoms in total. The van der Waals surface area contributed by atoms with Crippen molar-refractivity contribution in [1.29, 1.82) is 0 Å². The number of nitrogens with two attached hydrogens (primary N) is 1. The zero-order chi connectivity index (χ0) is 12.3. The Labute approximate surface area is 103 Å². The molecule has 0 aromatic rings. The van der Waals surface area contributed by atoms with Crippen molar-refractivity contribution in [3.63, 3.8) is 0 Å². The van der Waals surface area contributed by atoms with E-state index in [1.54, 1.807) is 7.11 Å². The van der Waals surface area contributed by atoms with E-state index in [2.05, 4.69) is 5.32 Å². The van der Waals surface area contributed by atoms with Gasteiger partial charge in [-0.3, -0.25) is 4.79 Å². The van der Waals surface area contributed by atoms with Gasteiger partial charge in [-0.2, -0.15) is 0 Å². The van der Waals surface area contributed by atoms with Crippen molar-refractivity contribution in [1.82, 2.24) is 5.32 Å². The quantitative estimate of drug-likeness (QED) is 0.779. The Balaban J connectivity index is 1.80. The van der Waals surface area contributed by atoms with Crippen LogP contribution in [-0.2, 0) is 9.53 Å². The van der Waals surface area contributed by atoms with E-state index in [1.165, 1.54) is 19.3 Å². The molecule has 2 aliphatic rings. The smallest absolute Gasteiger partial charge is 0.223 e. The summed E-state index contributed by atoms with van der Waals surface area (Å²) in [5.74, 6) is 0.105. The fourth-order valence-electron chi connectivity index (χ4n) is 2.91. The van der Waals surface area contributed by atoms with Gasteiger partial charge in [0.15, 0.2) is 0 Å². The minimum absolute atomic E-state index is 0.105. The van der Waals surface area contributed by atoms with Crippen LogP contribution in [0.4, 0.5) is 0 Å². The van der Waals surface area contributed by atoms with Gasteiger partial charge in [-0.1, -0.05) is 12.8 Å². The molecule has 4 heteroatoms. The molecule has 0 saturated heterocycles. The van der Waals surface area contributed by atoms with Crippen LogP contribution in [-0.4, -0.2) is 30.7 Å². The Morgan fingerprint density at radius 2 is 2.06 bits per heavy atom. The van der Waals surface area contributed by atoms with E-state index in [0.29, 0.717) is 6.42 Å². The Hall–Kier alpha value is -0.610. The van der Waals surface area contributed by atoms with Crippen molar-refractivity contribution in [2.75, 3.05) is 7.11 Å². The SMILES string of the molecule is COC1(CC(=O)NC2CCCCC2N)CCC1. The highest BCUT2D eigenvalue weighted by Gasteiger charge is 2.39. The summed E-state index contributed by atoms with van der Waals surface area (Å²) in [6, 6.07) is 0.304. The molecule has 2 rings (SSSR count). The third-order valence-electron chi connectivity index (χ3n) is 4.35. The molecule has 0 aromatic heterocycles. The van der Waals surface area contributed by atoms with Crippen LogP contribution in [0.25, 0.3) is 0 Å². The Morgan fingerprint density at radius 1 is 1.35 bits per heavy atom. The average molecular weight is 240 g/mol. The highest BCUT2D eigenvalue weighted by Crippen LogP contribution is 2.37. The number of hydrogen-bond acceptors (Lipinski definition) is 3. The van der Waals surface area contributed by atoms with E-state index >= 15 is 0 Å². The molecule has 0 bridgehead atoms. The number of amides is 1. The minimum atomic E-state index is -0.178. The molecule has 98 valence electrons. The lowest BCUT2D eigenvalue weighted by molar-refractivity contribution is -0.135. The highest BCUT2D eigenvalue weighted by molar-refractivity contribution is 5.77. The average Bonchev–Trinajstić information content (AvgIpc) is 2.27. The molecule has 0 aliphatic heterocycles. The molecule has 3 N–H and O–H groups in total. The first-order valence-electron chi connectivity index (χ1n) is 6.75. The molecule has 0 heterocycles. The summed E-state index contributed by atoms with van der Waals surface area (Å²) in [7, 11) is 1.71. The van der Waals surface area contributed by atoms with Crippen molar-refractivity contribution in [3.8, 4) is 0 Å². The molecule has 2 saturated carbocycles. The van der Waals surface area contributed by atoms with E-state index in [1.807, 2.05) is 0 Å². The molecule has 17 heavy (non-hydrogen) atoms. The van der Waals surface area contributed by atoms with Gasteiger partial charge in [-0.15, -0.1) is 0 Å². The largest absolute Gasteiger partial charge is 0.378 e. The van der Waals surface area contributed by atoms with Crippen molar-refractivity contribution >= 4 is 5.91 Å². The molecule has 2 unspecified atom stereocenters. The summed E-state index contributed by atoms with van der Waals surface area (Å²) in [6.45, 7) is 0. The molecule has 0 aromatic carbocycles. The van der Waals surface area contributed by atoms with Crippen molar-refractivity contribution in [2.24, 2.45) is 5.73 Å². The van der Waals surface area contributed by atoms with E-state index in [4.69, 9.17) is 10.5 Å². The lowest BCUT2D eigenvalue weighted by Crippen LogP contribution is -2.52. The van der Waals surface area contributed by atoms with Crippen LogP contribution >= 0.6 is 0 Å². The molecule has 2 fully saturated rings. The van der Waals surface area contributed by atoms with Gasteiger partial charge in [-0.05, 0) is 32.1 Å². The van der Waals surface area contributed by atoms with Crippen LogP contribution in [0.5, 0.6) is 0 Å². The molecule has 2 aliphatic carbocycles. The topological polar surface area (TPSA) is 64.3 Å². The van der Waals surface area contributed by atoms with E-state index in [-0.39, 0.29) is 23.6 Å². The lowest BCUT2D eigenvalue weighted by atomic mass is 9.77. The summed E-state index contributed by atoms with van der Waals surface area (Å²) >= 11 is 0. The number of methoxy groups -OCH3 is 1. The van der Waals surface area contributed by atoms with E-state index in [0.717, 1.165) is 25.7 Å². The second-order valence-corrected chi connectivity index (χ2v) is 5.54. The van der Waals surface area contributed by atoms with Crippen LogP contribution in [0.2, 0.25) is 0 Å². The second-order valence-electron chi connectivity index (χ2n) is 5.54. The monoisotopic (exact) mass is 240 g/mol. The van der Waals surface area contributed by atoms with Gasteiger partial charge in [0.05, 0.1) is 12.0 Å². The first-order valence-corrected chi connectivity index (χ1v) is 6.75. The maximum absolute atomic E-state index is 12.0. The lowest BCUT2D eigenvalue weighted by Gasteiger charge is -2.40. The van der Waals surface area contributed by atoms with Crippen LogP contribution in [0.15, 0.2) is 0 Å². The van der Waals surface area contributed by atoms with E-state index in [9.17, 15) is 4.79 Å². The van der Waals surface area contributed by atoms with Crippen molar-refractivity contribution < 1.29 is 9.53 Å².